The lowest BCUT2D eigenvalue weighted by atomic mass is 9.73. The number of rotatable bonds is 55. The molecule has 2 aliphatic heterocycles. The molecule has 11 nitrogen and oxygen atoms in total. The Labute approximate surface area is 474 Å². The number of hydrogen-bond acceptors (Lipinski definition) is 11. The summed E-state index contributed by atoms with van der Waals surface area (Å²) in [6.07, 6.45) is 46.5. The highest BCUT2D eigenvalue weighted by Crippen LogP contribution is 2.37. The van der Waals surface area contributed by atoms with Gasteiger partial charge in [-0.1, -0.05) is 252 Å². The molecular formula is C66H126N2O9. The van der Waals surface area contributed by atoms with E-state index in [1.165, 1.54) is 199 Å². The number of carbonyl (C=O) groups excluding carboxylic acids is 2. The van der Waals surface area contributed by atoms with Gasteiger partial charge in [0.05, 0.1) is 31.5 Å². The molecule has 0 aromatic carbocycles. The zero-order valence-electron chi connectivity index (χ0n) is 50.9. The third-order valence-electron chi connectivity index (χ3n) is 17.6. The van der Waals surface area contributed by atoms with E-state index in [1.807, 2.05) is 0 Å². The average molecular weight is 1090 g/mol. The summed E-state index contributed by atoms with van der Waals surface area (Å²) in [6, 6.07) is 0. The Bertz CT molecular complexity index is 1340. The van der Waals surface area contributed by atoms with Crippen LogP contribution < -0.4 is 0 Å². The van der Waals surface area contributed by atoms with E-state index in [0.717, 1.165) is 70.4 Å². The first-order valence-electron chi connectivity index (χ1n) is 33.8. The fourth-order valence-electron chi connectivity index (χ4n) is 12.5. The van der Waals surface area contributed by atoms with E-state index in [9.17, 15) is 24.9 Å². The molecule has 3 fully saturated rings. The molecule has 0 radical (unpaired) electrons. The van der Waals surface area contributed by atoms with Gasteiger partial charge in [0.25, 0.3) is 0 Å². The van der Waals surface area contributed by atoms with E-state index >= 15 is 0 Å². The van der Waals surface area contributed by atoms with Crippen molar-refractivity contribution in [3.8, 4) is 0 Å². The van der Waals surface area contributed by atoms with Crippen LogP contribution in [0.25, 0.3) is 0 Å². The van der Waals surface area contributed by atoms with Gasteiger partial charge in [-0.3, -0.25) is 14.5 Å². The molecule has 1 aliphatic carbocycles. The van der Waals surface area contributed by atoms with Crippen molar-refractivity contribution in [1.29, 1.82) is 0 Å². The number of aliphatic hydroxyl groups is 3. The largest absolute Gasteiger partial charge is 0.457 e. The monoisotopic (exact) mass is 1090 g/mol. The molecule has 0 aromatic rings. The third-order valence-corrected chi connectivity index (χ3v) is 17.6. The predicted molar refractivity (Wildman–Crippen MR) is 318 cm³/mol. The summed E-state index contributed by atoms with van der Waals surface area (Å²) in [7, 11) is 0. The third kappa shape index (κ3) is 34.6. The van der Waals surface area contributed by atoms with E-state index in [-0.39, 0.29) is 37.7 Å². The molecule has 8 atom stereocenters. The fourth-order valence-corrected chi connectivity index (χ4v) is 12.5. The Morgan fingerprint density at radius 2 is 0.714 bits per heavy atom. The quantitative estimate of drug-likeness (QED) is 0.0396. The van der Waals surface area contributed by atoms with Crippen LogP contribution in [0.5, 0.6) is 0 Å². The Kier molecular flexibility index (Phi) is 42.8. The zero-order valence-corrected chi connectivity index (χ0v) is 50.9. The molecule has 454 valence electrons. The molecule has 8 unspecified atom stereocenters. The van der Waals surface area contributed by atoms with Crippen molar-refractivity contribution >= 4 is 11.9 Å². The van der Waals surface area contributed by atoms with Gasteiger partial charge in [0.2, 0.25) is 0 Å². The Balaban J connectivity index is 1.44. The van der Waals surface area contributed by atoms with Gasteiger partial charge in [0, 0.05) is 39.0 Å². The number of esters is 2. The smallest absolute Gasteiger partial charge is 0.306 e. The van der Waals surface area contributed by atoms with E-state index in [1.54, 1.807) is 0 Å². The molecule has 3 rings (SSSR count). The van der Waals surface area contributed by atoms with Gasteiger partial charge >= 0.3 is 11.9 Å². The minimum atomic E-state index is -0.561. The van der Waals surface area contributed by atoms with Crippen molar-refractivity contribution in [2.75, 3.05) is 52.5 Å². The van der Waals surface area contributed by atoms with Gasteiger partial charge in [0.1, 0.15) is 12.2 Å². The predicted octanol–water partition coefficient (Wildman–Crippen LogP) is 15.4. The summed E-state index contributed by atoms with van der Waals surface area (Å²) in [5.41, 5.74) is 0. The van der Waals surface area contributed by atoms with Crippen LogP contribution in [-0.2, 0) is 28.5 Å². The summed E-state index contributed by atoms with van der Waals surface area (Å²) in [5.74, 6) is 0.862. The number of unbranched alkanes of at least 4 members (excludes halogenated alkanes) is 28. The minimum absolute atomic E-state index is 0.203. The van der Waals surface area contributed by atoms with E-state index in [0.29, 0.717) is 51.4 Å². The Morgan fingerprint density at radius 1 is 0.416 bits per heavy atom. The van der Waals surface area contributed by atoms with Crippen molar-refractivity contribution < 1.29 is 43.9 Å². The van der Waals surface area contributed by atoms with E-state index in [4.69, 9.17) is 18.9 Å². The van der Waals surface area contributed by atoms with Gasteiger partial charge in [0.15, 0.2) is 12.2 Å². The van der Waals surface area contributed by atoms with E-state index in [2.05, 4.69) is 37.5 Å². The number of fused-ring (bicyclic) bond motifs is 1. The standard InChI is InChI=1S/C66H126N2O9/c1-5-9-13-17-21-25-29-33-40-57(56-41-37-42-56)50-67(51-58(69)43-34-30-26-22-18-14-10-6-2)48-38-46-63(72)76-61-54-74-66-62(55-75-65(61)66)77-64(73)47-39-49-68(52-59(70)44-35-31-27-23-19-15-11-7-3)53-60(71)45-36-32-28-24-20-16-12-8-4/h56-62,65-66,69-71H,5-55H2,1-4H3. The lowest BCUT2D eigenvalue weighted by molar-refractivity contribution is -0.155. The molecule has 0 amide bonds. The van der Waals surface area contributed by atoms with Crippen LogP contribution in [-0.4, -0.2) is 132 Å². The first kappa shape index (κ1) is 69.9. The van der Waals surface area contributed by atoms with Gasteiger partial charge in [-0.2, -0.15) is 0 Å². The molecule has 1 saturated carbocycles. The van der Waals surface area contributed by atoms with Crippen LogP contribution in [0.1, 0.15) is 304 Å². The highest BCUT2D eigenvalue weighted by atomic mass is 16.7. The van der Waals surface area contributed by atoms with Crippen LogP contribution in [0, 0.1) is 11.8 Å². The Hall–Kier alpha value is -1.34. The van der Waals surface area contributed by atoms with Crippen LogP contribution in [0.4, 0.5) is 0 Å². The molecule has 0 bridgehead atoms. The summed E-state index contributed by atoms with van der Waals surface area (Å²) in [5, 5.41) is 33.5. The molecule has 2 saturated heterocycles. The molecular weight excluding hydrogens is 965 g/mol. The van der Waals surface area contributed by atoms with Gasteiger partial charge < -0.3 is 39.2 Å². The fraction of sp³-hybridized carbons (Fsp3) is 0.970. The number of aliphatic hydroxyl groups excluding tert-OH is 3. The van der Waals surface area contributed by atoms with Crippen molar-refractivity contribution in [3.05, 3.63) is 0 Å². The van der Waals surface area contributed by atoms with Crippen LogP contribution in [0.15, 0.2) is 0 Å². The number of hydrogen-bond donors (Lipinski definition) is 3. The van der Waals surface area contributed by atoms with Gasteiger partial charge in [-0.25, -0.2) is 0 Å². The molecule has 0 spiro atoms. The number of ether oxygens (including phenoxy) is 4. The molecule has 77 heavy (non-hydrogen) atoms. The van der Waals surface area contributed by atoms with Crippen LogP contribution >= 0.6 is 0 Å². The number of nitrogens with zero attached hydrogens (tertiary/aromatic N) is 2. The first-order chi connectivity index (χ1) is 37.7. The minimum Gasteiger partial charge on any atom is -0.457 e. The zero-order chi connectivity index (χ0) is 55.4. The highest BCUT2D eigenvalue weighted by Gasteiger charge is 2.51. The van der Waals surface area contributed by atoms with Crippen molar-refractivity contribution in [1.82, 2.24) is 9.80 Å². The summed E-state index contributed by atoms with van der Waals surface area (Å²) >= 11 is 0. The first-order valence-corrected chi connectivity index (χ1v) is 33.8. The van der Waals surface area contributed by atoms with Crippen molar-refractivity contribution in [3.63, 3.8) is 0 Å². The normalized spacial score (nSPS) is 20.2. The average Bonchev–Trinajstić information content (AvgIpc) is 4.01. The summed E-state index contributed by atoms with van der Waals surface area (Å²) < 4.78 is 24.2. The second-order valence-corrected chi connectivity index (χ2v) is 24.8. The maximum atomic E-state index is 13.4. The topological polar surface area (TPSA) is 138 Å². The lowest BCUT2D eigenvalue weighted by Gasteiger charge is -2.38. The molecule has 2 heterocycles. The van der Waals surface area contributed by atoms with Crippen LogP contribution in [0.3, 0.4) is 0 Å². The molecule has 3 N–H and O–H groups in total. The maximum Gasteiger partial charge on any atom is 0.306 e. The second-order valence-electron chi connectivity index (χ2n) is 24.8. The summed E-state index contributed by atoms with van der Waals surface area (Å²) in [6.45, 7) is 13.5. The van der Waals surface area contributed by atoms with Crippen molar-refractivity contribution in [2.45, 2.75) is 347 Å². The highest BCUT2D eigenvalue weighted by molar-refractivity contribution is 5.70. The number of carbonyl (C=O) groups is 2. The molecule has 0 aromatic heterocycles. The summed E-state index contributed by atoms with van der Waals surface area (Å²) in [4.78, 5) is 31.3. The maximum absolute atomic E-state index is 13.4. The van der Waals surface area contributed by atoms with Crippen LogP contribution in [0.2, 0.25) is 0 Å². The molecule has 11 heteroatoms. The van der Waals surface area contributed by atoms with Gasteiger partial charge in [-0.05, 0) is 63.5 Å². The second kappa shape index (κ2) is 47.2. The Morgan fingerprint density at radius 3 is 1.03 bits per heavy atom. The lowest BCUT2D eigenvalue weighted by Crippen LogP contribution is -2.40. The SMILES string of the molecule is CCCCCCCCCCC(O)CN(CCCC(=O)OC1COC2C(OC(=O)CCCN(CC(O)CCCCCCCCCC)CC(CCCCCCCCCC)C3CCC3)COC12)CC(O)CCCCCCCCCC. The van der Waals surface area contributed by atoms with Crippen molar-refractivity contribution in [2.24, 2.45) is 11.8 Å². The molecule has 3 aliphatic rings. The van der Waals surface area contributed by atoms with Gasteiger partial charge in [-0.15, -0.1) is 0 Å². The van der Waals surface area contributed by atoms with E-state index < -0.39 is 36.6 Å².